The maximum Gasteiger partial charge on any atom is 0.405 e. The molecule has 2 bridgehead atoms. The van der Waals surface area contributed by atoms with Crippen LogP contribution < -0.4 is 21.7 Å². The number of primary amides is 1. The fourth-order valence-electron chi connectivity index (χ4n) is 5.86. The Morgan fingerprint density at radius 2 is 1.81 bits per heavy atom. The van der Waals surface area contributed by atoms with Crippen LogP contribution in [0.5, 0.6) is 0 Å². The van der Waals surface area contributed by atoms with E-state index >= 15 is 0 Å². The number of fused-ring (bicyclic) bond motifs is 2. The van der Waals surface area contributed by atoms with Crippen LogP contribution in [0.3, 0.4) is 0 Å². The van der Waals surface area contributed by atoms with E-state index in [1.165, 1.54) is 46.3 Å². The maximum absolute atomic E-state index is 14.4. The third-order valence-corrected chi connectivity index (χ3v) is 9.76. The Bertz CT molecular complexity index is 1580. The molecule has 0 fully saturated rings. The summed E-state index contributed by atoms with van der Waals surface area (Å²) in [4.78, 5) is 78.3. The molecule has 6 N–H and O–H groups in total. The summed E-state index contributed by atoms with van der Waals surface area (Å²) in [5.41, 5.74) is 5.84. The van der Waals surface area contributed by atoms with Gasteiger partial charge in [0.15, 0.2) is 6.10 Å². The minimum Gasteiger partial charge on any atom is -0.467 e. The summed E-state index contributed by atoms with van der Waals surface area (Å²) >= 11 is 0.803. The Hall–Kier alpha value is -4.51. The van der Waals surface area contributed by atoms with Gasteiger partial charge in [-0.3, -0.25) is 19.2 Å². The molecule has 7 atom stereocenters. The van der Waals surface area contributed by atoms with E-state index in [2.05, 4.69) is 22.5 Å². The number of carbonyl (C=O) groups is 6. The number of Topliss-reactive ketones (excluding diaryl/α,β-unsaturated/α-hetero) is 2. The lowest BCUT2D eigenvalue weighted by Crippen LogP contribution is -2.43. The standard InChI is InChI=1S/C37H52N4O11S/c1-10-14-39-28-24-15-19(2)16-27(50-8)30(43)21(4)17-22(5)33(52-37(38)48)26(49-7)13-11-12-20(3)35(46)41-29(31(24)44)34(32(28)45)53-18-25(36(47)51-9)40-23(6)42/h10-13,17,19,21,25-27,30,33,39,43H,1,14-16,18H2,2-9H3,(H2,38,48)(H,40,42)(H,41,46)/b13-11-,20-12-,22-17-/t19-,21+,25+,26+,27+,30-,33+/m1/s1. The SMILES string of the molecule is C=CCNC1=C2C[C@@H](C)C[C@H](OC)[C@H](O)[C@@H](C)/C=C(/C)[C@H](OC(N)=O)[C@@H](OC)/C=C\C=C(\C)C(=O)NC(=C(SC[C@H](NC(C)=O)C(=O)OC)C1=O)C2=O. The van der Waals surface area contributed by atoms with Gasteiger partial charge in [0.25, 0.3) is 5.91 Å². The molecule has 0 radical (unpaired) electrons. The van der Waals surface area contributed by atoms with E-state index in [1.807, 2.05) is 6.92 Å². The first-order chi connectivity index (χ1) is 25.0. The summed E-state index contributed by atoms with van der Waals surface area (Å²) in [5, 5.41) is 19.5. The number of ketones is 2. The third-order valence-electron chi connectivity index (χ3n) is 8.59. The number of hydrogen-bond acceptors (Lipinski definition) is 13. The molecule has 53 heavy (non-hydrogen) atoms. The number of hydrogen-bond donors (Lipinski definition) is 5. The molecule has 0 aromatic heterocycles. The smallest absolute Gasteiger partial charge is 0.405 e. The molecule has 0 aromatic carbocycles. The summed E-state index contributed by atoms with van der Waals surface area (Å²) in [5.74, 6) is -4.32. The normalized spacial score (nSPS) is 28.1. The van der Waals surface area contributed by atoms with Crippen LogP contribution in [-0.4, -0.2) is 105 Å². The average molecular weight is 761 g/mol. The topological polar surface area (TPSA) is 222 Å². The van der Waals surface area contributed by atoms with Gasteiger partial charge in [0, 0.05) is 50.5 Å². The van der Waals surface area contributed by atoms with Crippen LogP contribution in [-0.2, 0) is 42.9 Å². The van der Waals surface area contributed by atoms with Crippen molar-refractivity contribution in [2.24, 2.45) is 17.6 Å². The fourth-order valence-corrected chi connectivity index (χ4v) is 6.93. The molecule has 3 amide bonds. The molecule has 0 unspecified atom stereocenters. The molecule has 1 heterocycles. The van der Waals surface area contributed by atoms with Gasteiger partial charge in [-0.2, -0.15) is 0 Å². The zero-order valence-electron chi connectivity index (χ0n) is 31.5. The van der Waals surface area contributed by atoms with E-state index in [0.29, 0.717) is 5.57 Å². The van der Waals surface area contributed by atoms with Crippen LogP contribution in [0, 0.1) is 11.8 Å². The highest BCUT2D eigenvalue weighted by Crippen LogP contribution is 2.35. The minimum atomic E-state index is -1.17. The van der Waals surface area contributed by atoms with Crippen molar-refractivity contribution in [3.63, 3.8) is 0 Å². The molecular formula is C37H52N4O11S. The molecule has 0 saturated heterocycles. The van der Waals surface area contributed by atoms with Crippen molar-refractivity contribution >= 4 is 47.2 Å². The van der Waals surface area contributed by atoms with E-state index in [-0.39, 0.29) is 58.5 Å². The Labute approximate surface area is 314 Å². The molecule has 16 heteroatoms. The summed E-state index contributed by atoms with van der Waals surface area (Å²) in [6.07, 6.45) is 3.36. The van der Waals surface area contributed by atoms with Crippen LogP contribution >= 0.6 is 11.8 Å². The van der Waals surface area contributed by atoms with Crippen LogP contribution in [0.15, 0.2) is 70.0 Å². The lowest BCUT2D eigenvalue weighted by atomic mass is 9.85. The second kappa shape index (κ2) is 21.3. The first-order valence-electron chi connectivity index (χ1n) is 16.9. The van der Waals surface area contributed by atoms with E-state index in [9.17, 15) is 33.9 Å². The highest BCUT2D eigenvalue weighted by molar-refractivity contribution is 8.04. The molecule has 2 aliphatic rings. The van der Waals surface area contributed by atoms with E-state index in [0.717, 1.165) is 18.9 Å². The van der Waals surface area contributed by atoms with Gasteiger partial charge in [-0.25, -0.2) is 9.59 Å². The van der Waals surface area contributed by atoms with E-state index in [1.54, 1.807) is 26.0 Å². The average Bonchev–Trinajstić information content (AvgIpc) is 3.11. The van der Waals surface area contributed by atoms with Crippen LogP contribution in [0.2, 0.25) is 0 Å². The van der Waals surface area contributed by atoms with Gasteiger partial charge in [-0.05, 0) is 38.2 Å². The van der Waals surface area contributed by atoms with Crippen molar-refractivity contribution in [1.29, 1.82) is 0 Å². The van der Waals surface area contributed by atoms with Crippen molar-refractivity contribution in [3.05, 3.63) is 70.0 Å². The van der Waals surface area contributed by atoms with Gasteiger partial charge in [0.1, 0.15) is 17.8 Å². The summed E-state index contributed by atoms with van der Waals surface area (Å²) in [6, 6.07) is -1.17. The van der Waals surface area contributed by atoms with Crippen LogP contribution in [0.4, 0.5) is 4.79 Å². The Balaban J connectivity index is 2.81. The van der Waals surface area contributed by atoms with Gasteiger partial charge in [0.05, 0.1) is 29.9 Å². The van der Waals surface area contributed by atoms with Gasteiger partial charge >= 0.3 is 12.1 Å². The zero-order chi connectivity index (χ0) is 40.0. The predicted octanol–water partition coefficient (Wildman–Crippen LogP) is 2.28. The van der Waals surface area contributed by atoms with E-state index < -0.39 is 71.8 Å². The second-order valence-corrected chi connectivity index (χ2v) is 13.8. The third kappa shape index (κ3) is 12.6. The number of aliphatic hydroxyl groups excluding tert-OH is 1. The number of ether oxygens (including phenoxy) is 4. The number of thioether (sulfide) groups is 1. The lowest BCUT2D eigenvalue weighted by Gasteiger charge is -2.30. The number of nitrogens with two attached hydrogens (primary N) is 1. The van der Waals surface area contributed by atoms with Gasteiger partial charge in [-0.1, -0.05) is 44.2 Å². The number of allylic oxidation sites excluding steroid dienone is 4. The first kappa shape index (κ1) is 44.7. The first-order valence-corrected chi connectivity index (χ1v) is 17.9. The molecule has 0 saturated carbocycles. The molecular weight excluding hydrogens is 708 g/mol. The van der Waals surface area contributed by atoms with Crippen molar-refractivity contribution < 1.29 is 52.8 Å². The Morgan fingerprint density at radius 3 is 2.38 bits per heavy atom. The quantitative estimate of drug-likeness (QED) is 0.116. The summed E-state index contributed by atoms with van der Waals surface area (Å²) in [6.45, 7) is 11.8. The van der Waals surface area contributed by atoms with Crippen molar-refractivity contribution in [2.45, 2.75) is 77.9 Å². The minimum absolute atomic E-state index is 0.00924. The van der Waals surface area contributed by atoms with Crippen molar-refractivity contribution in [2.75, 3.05) is 33.6 Å². The number of methoxy groups -OCH3 is 3. The summed E-state index contributed by atoms with van der Waals surface area (Å²) < 4.78 is 21.5. The highest BCUT2D eigenvalue weighted by Gasteiger charge is 2.38. The molecule has 2 rings (SSSR count). The second-order valence-electron chi connectivity index (χ2n) is 12.8. The van der Waals surface area contributed by atoms with Crippen molar-refractivity contribution in [3.8, 4) is 0 Å². The number of aliphatic hydroxyl groups is 1. The van der Waals surface area contributed by atoms with Gasteiger partial charge in [-0.15, -0.1) is 18.3 Å². The maximum atomic E-state index is 14.4. The Morgan fingerprint density at radius 1 is 1.13 bits per heavy atom. The molecule has 292 valence electrons. The fraction of sp³-hybridized carbons (Fsp3) is 0.514. The number of nitrogens with one attached hydrogen (secondary N) is 3. The molecule has 0 aromatic rings. The molecule has 0 spiro atoms. The van der Waals surface area contributed by atoms with E-state index in [4.69, 9.17) is 24.7 Å². The highest BCUT2D eigenvalue weighted by atomic mass is 32.2. The monoisotopic (exact) mass is 760 g/mol. The number of carbonyl (C=O) groups excluding carboxylic acids is 6. The largest absolute Gasteiger partial charge is 0.467 e. The molecule has 1 aliphatic heterocycles. The zero-order valence-corrected chi connectivity index (χ0v) is 32.3. The van der Waals surface area contributed by atoms with Crippen molar-refractivity contribution in [1.82, 2.24) is 16.0 Å². The molecule has 1 aliphatic carbocycles. The number of esters is 1. The van der Waals surface area contributed by atoms with Gasteiger partial charge in [0.2, 0.25) is 17.5 Å². The number of rotatable bonds is 11. The van der Waals surface area contributed by atoms with Crippen LogP contribution in [0.1, 0.15) is 47.5 Å². The summed E-state index contributed by atoms with van der Waals surface area (Å²) in [7, 11) is 4.00. The lowest BCUT2D eigenvalue weighted by molar-refractivity contribution is -0.144. The van der Waals surface area contributed by atoms with Crippen LogP contribution in [0.25, 0.3) is 0 Å². The molecule has 15 nitrogen and oxygen atoms in total. The predicted molar refractivity (Wildman–Crippen MR) is 199 cm³/mol. The van der Waals surface area contributed by atoms with Gasteiger partial charge < -0.3 is 45.7 Å². The Kier molecular flexibility index (Phi) is 17.9. The number of amides is 3.